The topological polar surface area (TPSA) is 58.2 Å². The van der Waals surface area contributed by atoms with Crippen LogP contribution in [-0.4, -0.2) is 27.3 Å². The molecule has 0 aromatic heterocycles. The van der Waals surface area contributed by atoms with Gasteiger partial charge in [-0.1, -0.05) is 19.1 Å². The maximum absolute atomic E-state index is 12.8. The van der Waals surface area contributed by atoms with Crippen LogP contribution in [0.25, 0.3) is 0 Å². The van der Waals surface area contributed by atoms with Crippen LogP contribution in [0.2, 0.25) is 0 Å². The summed E-state index contributed by atoms with van der Waals surface area (Å²) in [5.41, 5.74) is 0.752. The summed E-state index contributed by atoms with van der Waals surface area (Å²) in [6, 6.07) is 5.49. The molecule has 1 atom stereocenters. The van der Waals surface area contributed by atoms with E-state index in [1.165, 1.54) is 12.1 Å². The van der Waals surface area contributed by atoms with Crippen LogP contribution in [0.3, 0.4) is 0 Å². The lowest BCUT2D eigenvalue weighted by molar-refractivity contribution is 0.560. The van der Waals surface area contributed by atoms with Crippen molar-refractivity contribution >= 4 is 10.0 Å². The molecule has 20 heavy (non-hydrogen) atoms. The van der Waals surface area contributed by atoms with E-state index in [1.54, 1.807) is 19.1 Å². The second kappa shape index (κ2) is 8.34. The fourth-order valence-electron chi connectivity index (χ4n) is 1.87. The van der Waals surface area contributed by atoms with Gasteiger partial charge in [-0.25, -0.2) is 17.5 Å². The lowest BCUT2D eigenvalue weighted by atomic mass is 10.1. The van der Waals surface area contributed by atoms with Crippen LogP contribution >= 0.6 is 0 Å². The van der Waals surface area contributed by atoms with E-state index in [-0.39, 0.29) is 17.6 Å². The quantitative estimate of drug-likeness (QED) is 0.688. The first-order valence-corrected chi connectivity index (χ1v) is 8.56. The molecule has 1 rings (SSSR count). The molecule has 0 aliphatic rings. The zero-order valence-corrected chi connectivity index (χ0v) is 12.8. The van der Waals surface area contributed by atoms with Crippen molar-refractivity contribution in [1.82, 2.24) is 10.0 Å². The van der Waals surface area contributed by atoms with Gasteiger partial charge < -0.3 is 5.32 Å². The van der Waals surface area contributed by atoms with Gasteiger partial charge in [-0.15, -0.1) is 0 Å². The highest BCUT2D eigenvalue weighted by Gasteiger charge is 2.15. The van der Waals surface area contributed by atoms with E-state index in [9.17, 15) is 12.8 Å². The van der Waals surface area contributed by atoms with Crippen molar-refractivity contribution in [2.75, 3.05) is 18.8 Å². The lowest BCUT2D eigenvalue weighted by Gasteiger charge is -2.14. The molecule has 0 radical (unpaired) electrons. The third kappa shape index (κ3) is 6.45. The molecule has 1 aromatic carbocycles. The monoisotopic (exact) mass is 302 g/mol. The number of nitrogens with one attached hydrogen (secondary N) is 2. The van der Waals surface area contributed by atoms with Gasteiger partial charge in [0.1, 0.15) is 5.82 Å². The molecule has 0 saturated heterocycles. The number of unbranched alkanes of at least 4 members (excludes halogenated alkanes) is 1. The van der Waals surface area contributed by atoms with Crippen molar-refractivity contribution in [3.05, 3.63) is 35.6 Å². The normalized spacial score (nSPS) is 13.3. The van der Waals surface area contributed by atoms with Gasteiger partial charge in [-0.05, 0) is 50.6 Å². The number of hydrogen-bond acceptors (Lipinski definition) is 3. The summed E-state index contributed by atoms with van der Waals surface area (Å²) >= 11 is 0. The van der Waals surface area contributed by atoms with Gasteiger partial charge in [0.05, 0.1) is 5.75 Å². The summed E-state index contributed by atoms with van der Waals surface area (Å²) in [7, 11) is -3.30. The van der Waals surface area contributed by atoms with Gasteiger partial charge in [0, 0.05) is 6.04 Å². The Kier molecular flexibility index (Phi) is 7.12. The van der Waals surface area contributed by atoms with E-state index in [0.717, 1.165) is 25.1 Å². The average molecular weight is 302 g/mol. The molecule has 114 valence electrons. The van der Waals surface area contributed by atoms with E-state index in [0.29, 0.717) is 6.42 Å². The third-order valence-electron chi connectivity index (χ3n) is 2.99. The Hall–Kier alpha value is -0.980. The molecule has 0 amide bonds. The molecular weight excluding hydrogens is 279 g/mol. The number of sulfonamides is 1. The molecule has 0 fully saturated rings. The fourth-order valence-corrected chi connectivity index (χ4v) is 3.24. The highest BCUT2D eigenvalue weighted by atomic mass is 32.2. The van der Waals surface area contributed by atoms with E-state index in [2.05, 4.69) is 10.0 Å². The highest BCUT2D eigenvalue weighted by molar-refractivity contribution is 7.89. The summed E-state index contributed by atoms with van der Waals surface area (Å²) < 4.78 is 39.2. The predicted molar refractivity (Wildman–Crippen MR) is 79.5 cm³/mol. The Morgan fingerprint density at radius 1 is 1.20 bits per heavy atom. The summed E-state index contributed by atoms with van der Waals surface area (Å²) in [5.74, 6) is -0.212. The molecule has 0 bridgehead atoms. The van der Waals surface area contributed by atoms with E-state index < -0.39 is 10.0 Å². The zero-order valence-electron chi connectivity index (χ0n) is 12.0. The summed E-state index contributed by atoms with van der Waals surface area (Å²) in [6.07, 6.45) is 1.46. The Morgan fingerprint density at radius 2 is 1.85 bits per heavy atom. The Labute approximate surface area is 120 Å². The van der Waals surface area contributed by atoms with Crippen LogP contribution in [0.5, 0.6) is 0 Å². The maximum atomic E-state index is 12.8. The van der Waals surface area contributed by atoms with Crippen LogP contribution in [0, 0.1) is 5.82 Å². The Balaban J connectivity index is 2.43. The molecule has 6 heteroatoms. The second-order valence-electron chi connectivity index (χ2n) is 4.77. The Morgan fingerprint density at radius 3 is 2.45 bits per heavy atom. The van der Waals surface area contributed by atoms with Gasteiger partial charge in [0.2, 0.25) is 10.0 Å². The molecule has 2 N–H and O–H groups in total. The highest BCUT2D eigenvalue weighted by Crippen LogP contribution is 2.14. The SMILES string of the molecule is CCNCCCCS(=O)(=O)NC(C)c1ccc(F)cc1. The largest absolute Gasteiger partial charge is 0.317 e. The van der Waals surface area contributed by atoms with Gasteiger partial charge >= 0.3 is 0 Å². The zero-order chi connectivity index (χ0) is 15.0. The molecule has 0 aliphatic heterocycles. The number of rotatable bonds is 9. The van der Waals surface area contributed by atoms with E-state index in [4.69, 9.17) is 0 Å². The summed E-state index contributed by atoms with van der Waals surface area (Å²) in [4.78, 5) is 0. The number of halogens is 1. The molecule has 1 unspecified atom stereocenters. The average Bonchev–Trinajstić information content (AvgIpc) is 2.38. The lowest BCUT2D eigenvalue weighted by Crippen LogP contribution is -2.29. The standard InChI is InChI=1S/C14H23FN2O2S/c1-3-16-10-4-5-11-20(18,19)17-12(2)13-6-8-14(15)9-7-13/h6-9,12,16-17H,3-5,10-11H2,1-2H3. The number of benzene rings is 1. The van der Waals surface area contributed by atoms with Crippen molar-refractivity contribution in [3.63, 3.8) is 0 Å². The Bertz CT molecular complexity index is 488. The van der Waals surface area contributed by atoms with Crippen molar-refractivity contribution in [2.24, 2.45) is 0 Å². The minimum atomic E-state index is -3.30. The maximum Gasteiger partial charge on any atom is 0.212 e. The molecular formula is C14H23FN2O2S. The third-order valence-corrected chi connectivity index (χ3v) is 4.53. The summed E-state index contributed by atoms with van der Waals surface area (Å²) in [5, 5.41) is 3.16. The van der Waals surface area contributed by atoms with E-state index in [1.807, 2.05) is 6.92 Å². The van der Waals surface area contributed by atoms with Gasteiger partial charge in [-0.2, -0.15) is 0 Å². The van der Waals surface area contributed by atoms with Crippen LogP contribution in [0.1, 0.15) is 38.3 Å². The second-order valence-corrected chi connectivity index (χ2v) is 6.64. The molecule has 0 aliphatic carbocycles. The number of hydrogen-bond donors (Lipinski definition) is 2. The van der Waals surface area contributed by atoms with Crippen LogP contribution < -0.4 is 10.0 Å². The van der Waals surface area contributed by atoms with E-state index >= 15 is 0 Å². The van der Waals surface area contributed by atoms with Crippen molar-refractivity contribution in [3.8, 4) is 0 Å². The molecule has 1 aromatic rings. The van der Waals surface area contributed by atoms with Crippen molar-refractivity contribution in [2.45, 2.75) is 32.7 Å². The van der Waals surface area contributed by atoms with Gasteiger partial charge in [-0.3, -0.25) is 0 Å². The van der Waals surface area contributed by atoms with Crippen molar-refractivity contribution < 1.29 is 12.8 Å². The molecule has 0 spiro atoms. The smallest absolute Gasteiger partial charge is 0.212 e. The summed E-state index contributed by atoms with van der Waals surface area (Å²) in [6.45, 7) is 5.50. The fraction of sp³-hybridized carbons (Fsp3) is 0.571. The van der Waals surface area contributed by atoms with Crippen molar-refractivity contribution in [1.29, 1.82) is 0 Å². The molecule has 4 nitrogen and oxygen atoms in total. The van der Waals surface area contributed by atoms with Gasteiger partial charge in [0.25, 0.3) is 0 Å². The minimum absolute atomic E-state index is 0.115. The first kappa shape index (κ1) is 17.1. The first-order chi connectivity index (χ1) is 9.44. The van der Waals surface area contributed by atoms with Crippen LogP contribution in [-0.2, 0) is 10.0 Å². The molecule has 0 saturated carbocycles. The minimum Gasteiger partial charge on any atom is -0.317 e. The van der Waals surface area contributed by atoms with Crippen LogP contribution in [0.15, 0.2) is 24.3 Å². The first-order valence-electron chi connectivity index (χ1n) is 6.91. The van der Waals surface area contributed by atoms with Crippen LogP contribution in [0.4, 0.5) is 4.39 Å². The molecule has 0 heterocycles. The predicted octanol–water partition coefficient (Wildman–Crippen LogP) is 2.20. The van der Waals surface area contributed by atoms with Gasteiger partial charge in [0.15, 0.2) is 0 Å².